The van der Waals surface area contributed by atoms with Gasteiger partial charge in [-0.05, 0) is 73.2 Å². The Labute approximate surface area is 237 Å². The molecular weight excluding hydrogens is 561 g/mol. The number of rotatable bonds is 9. The summed E-state index contributed by atoms with van der Waals surface area (Å²) < 4.78 is 48.7. The number of carboxylic acid groups (broad SMARTS) is 1. The number of carbonyl (C=O) groups excluding carboxylic acids is 1. The van der Waals surface area contributed by atoms with Crippen LogP contribution in [-0.2, 0) is 19.0 Å². The van der Waals surface area contributed by atoms with Crippen molar-refractivity contribution in [3.05, 3.63) is 82.5 Å². The number of pyridine rings is 1. The van der Waals surface area contributed by atoms with E-state index in [1.807, 2.05) is 6.92 Å². The zero-order valence-corrected chi connectivity index (χ0v) is 23.2. The zero-order chi connectivity index (χ0) is 29.9. The van der Waals surface area contributed by atoms with Gasteiger partial charge < -0.3 is 14.7 Å². The Balaban J connectivity index is 1.65. The minimum absolute atomic E-state index is 0.0695. The van der Waals surface area contributed by atoms with Crippen LogP contribution in [0.5, 0.6) is 11.6 Å². The second kappa shape index (κ2) is 12.0. The highest BCUT2D eigenvalue weighted by Crippen LogP contribution is 2.39. The Hall–Kier alpha value is -4.46. The van der Waals surface area contributed by atoms with E-state index in [9.17, 15) is 27.9 Å². The average Bonchev–Trinajstić information content (AvgIpc) is 3.32. The third kappa shape index (κ3) is 6.82. The SMILES string of the molecule is Cc1ccc(C(=O)N(c2ccc(Oc3ncc(CSc4nnnn4C)cc3C(F)(F)F)cc2C(=O)O)C(C)C)cc1. The monoisotopic (exact) mass is 586 g/mol. The van der Waals surface area contributed by atoms with Crippen molar-refractivity contribution in [2.75, 3.05) is 4.90 Å². The van der Waals surface area contributed by atoms with Crippen LogP contribution < -0.4 is 9.64 Å². The lowest BCUT2D eigenvalue weighted by Crippen LogP contribution is -2.38. The molecule has 14 heteroatoms. The van der Waals surface area contributed by atoms with E-state index in [0.717, 1.165) is 29.5 Å². The second-order valence-corrected chi connectivity index (χ2v) is 10.2. The first-order valence-corrected chi connectivity index (χ1v) is 13.2. The van der Waals surface area contributed by atoms with Gasteiger partial charge in [-0.3, -0.25) is 4.79 Å². The number of amides is 1. The Morgan fingerprint density at radius 2 is 1.83 bits per heavy atom. The van der Waals surface area contributed by atoms with Crippen molar-refractivity contribution in [1.29, 1.82) is 0 Å². The molecule has 0 fully saturated rings. The van der Waals surface area contributed by atoms with Crippen LogP contribution in [0.1, 0.15) is 51.3 Å². The average molecular weight is 587 g/mol. The topological polar surface area (TPSA) is 123 Å². The molecule has 4 aromatic rings. The lowest BCUT2D eigenvalue weighted by atomic mass is 10.1. The summed E-state index contributed by atoms with van der Waals surface area (Å²) in [6.07, 6.45) is -3.58. The number of hydrogen-bond donors (Lipinski definition) is 1. The largest absolute Gasteiger partial charge is 0.478 e. The van der Waals surface area contributed by atoms with E-state index in [0.29, 0.717) is 10.7 Å². The van der Waals surface area contributed by atoms with Crippen molar-refractivity contribution < 1.29 is 32.6 Å². The molecule has 0 aliphatic heterocycles. The Kier molecular flexibility index (Phi) is 8.61. The molecule has 1 amide bonds. The van der Waals surface area contributed by atoms with Crippen LogP contribution in [0.15, 0.2) is 59.9 Å². The standard InChI is InChI=1S/C27H25F3N6O4S/c1-15(2)36(24(37)18-7-5-16(3)6-8-18)22-10-9-19(12-20(22)25(38)39)40-23-21(27(28,29)30)11-17(13-31-23)14-41-26-32-33-34-35(26)4/h5-13,15H,14H2,1-4H3,(H,38,39). The highest BCUT2D eigenvalue weighted by atomic mass is 32.2. The number of hydrogen-bond acceptors (Lipinski definition) is 8. The van der Waals surface area contributed by atoms with Gasteiger partial charge in [0.15, 0.2) is 0 Å². The van der Waals surface area contributed by atoms with Crippen LogP contribution in [0.3, 0.4) is 0 Å². The summed E-state index contributed by atoms with van der Waals surface area (Å²) in [4.78, 5) is 30.7. The van der Waals surface area contributed by atoms with Gasteiger partial charge in [0, 0.05) is 30.6 Å². The van der Waals surface area contributed by atoms with E-state index in [1.165, 1.54) is 27.9 Å². The molecule has 0 saturated carbocycles. The van der Waals surface area contributed by atoms with Crippen LogP contribution >= 0.6 is 11.8 Å². The van der Waals surface area contributed by atoms with Gasteiger partial charge >= 0.3 is 12.1 Å². The normalized spacial score (nSPS) is 11.5. The van der Waals surface area contributed by atoms with Crippen molar-refractivity contribution >= 4 is 29.3 Å². The van der Waals surface area contributed by atoms with Crippen molar-refractivity contribution in [2.45, 2.75) is 43.9 Å². The van der Waals surface area contributed by atoms with Crippen molar-refractivity contribution in [2.24, 2.45) is 7.05 Å². The highest BCUT2D eigenvalue weighted by molar-refractivity contribution is 7.98. The molecule has 214 valence electrons. The van der Waals surface area contributed by atoms with Gasteiger partial charge in [0.05, 0.1) is 11.3 Å². The number of halogens is 3. The quantitative estimate of drug-likeness (QED) is 0.244. The number of aromatic nitrogens is 5. The lowest BCUT2D eigenvalue weighted by molar-refractivity contribution is -0.138. The molecule has 0 unspecified atom stereocenters. The summed E-state index contributed by atoms with van der Waals surface area (Å²) in [5, 5.41) is 21.3. The number of aryl methyl sites for hydroxylation is 2. The molecule has 2 aromatic carbocycles. The molecule has 4 rings (SSSR count). The van der Waals surface area contributed by atoms with Crippen molar-refractivity contribution in [3.63, 3.8) is 0 Å². The number of aromatic carboxylic acids is 1. The number of nitrogens with zero attached hydrogens (tertiary/aromatic N) is 6. The molecule has 0 atom stereocenters. The number of alkyl halides is 3. The summed E-state index contributed by atoms with van der Waals surface area (Å²) in [6, 6.07) is 11.0. The lowest BCUT2D eigenvalue weighted by Gasteiger charge is -2.28. The molecule has 10 nitrogen and oxygen atoms in total. The highest BCUT2D eigenvalue weighted by Gasteiger charge is 2.36. The fourth-order valence-electron chi connectivity index (χ4n) is 3.88. The van der Waals surface area contributed by atoms with Crippen LogP contribution in [0.25, 0.3) is 0 Å². The first-order valence-electron chi connectivity index (χ1n) is 12.2. The third-order valence-electron chi connectivity index (χ3n) is 5.87. The first-order chi connectivity index (χ1) is 19.3. The summed E-state index contributed by atoms with van der Waals surface area (Å²) in [5.41, 5.74) is 0.170. The van der Waals surface area contributed by atoms with Gasteiger partial charge in [0.2, 0.25) is 11.0 Å². The Bertz CT molecular complexity index is 1570. The maximum Gasteiger partial charge on any atom is 0.421 e. The van der Waals surface area contributed by atoms with Gasteiger partial charge in [0.25, 0.3) is 5.91 Å². The van der Waals surface area contributed by atoms with E-state index in [1.54, 1.807) is 45.2 Å². The predicted octanol–water partition coefficient (Wildman–Crippen LogP) is 5.77. The molecular formula is C27H25F3N6O4S. The Morgan fingerprint density at radius 3 is 2.41 bits per heavy atom. The number of carbonyl (C=O) groups is 2. The molecule has 0 spiro atoms. The molecule has 2 aromatic heterocycles. The van der Waals surface area contributed by atoms with Crippen LogP contribution in [0.2, 0.25) is 0 Å². The van der Waals surface area contributed by atoms with Gasteiger partial charge in [-0.15, -0.1) is 5.10 Å². The summed E-state index contributed by atoms with van der Waals surface area (Å²) in [7, 11) is 1.61. The summed E-state index contributed by atoms with van der Waals surface area (Å²) in [6.45, 7) is 5.32. The van der Waals surface area contributed by atoms with Gasteiger partial charge in [-0.1, -0.05) is 29.5 Å². The number of thioether (sulfide) groups is 1. The summed E-state index contributed by atoms with van der Waals surface area (Å²) >= 11 is 1.13. The number of benzene rings is 2. The zero-order valence-electron chi connectivity index (χ0n) is 22.4. The van der Waals surface area contributed by atoms with Crippen molar-refractivity contribution in [1.82, 2.24) is 25.2 Å². The minimum Gasteiger partial charge on any atom is -0.478 e. The number of carboxylic acids is 1. The van der Waals surface area contributed by atoms with E-state index in [-0.39, 0.29) is 28.3 Å². The molecule has 0 radical (unpaired) electrons. The molecule has 0 bridgehead atoms. The molecule has 1 N–H and O–H groups in total. The van der Waals surface area contributed by atoms with E-state index >= 15 is 0 Å². The van der Waals surface area contributed by atoms with Gasteiger partial charge in [-0.2, -0.15) is 13.2 Å². The second-order valence-electron chi connectivity index (χ2n) is 9.29. The Morgan fingerprint density at radius 1 is 1.12 bits per heavy atom. The van der Waals surface area contributed by atoms with Gasteiger partial charge in [0.1, 0.15) is 11.3 Å². The molecule has 2 heterocycles. The maximum atomic E-state index is 13.9. The van der Waals surface area contributed by atoms with Crippen LogP contribution in [0, 0.1) is 6.92 Å². The van der Waals surface area contributed by atoms with E-state index in [4.69, 9.17) is 4.74 Å². The van der Waals surface area contributed by atoms with E-state index in [2.05, 4.69) is 20.5 Å². The fraction of sp³-hybridized carbons (Fsp3) is 0.259. The van der Waals surface area contributed by atoms with Gasteiger partial charge in [-0.25, -0.2) is 14.5 Å². The summed E-state index contributed by atoms with van der Waals surface area (Å²) in [5.74, 6) is -2.64. The maximum absolute atomic E-state index is 13.9. The number of ether oxygens (including phenoxy) is 1. The third-order valence-corrected chi connectivity index (χ3v) is 6.95. The smallest absolute Gasteiger partial charge is 0.421 e. The fourth-order valence-corrected chi connectivity index (χ4v) is 4.65. The van der Waals surface area contributed by atoms with E-state index < -0.39 is 35.5 Å². The molecule has 41 heavy (non-hydrogen) atoms. The number of tetrazole rings is 1. The minimum atomic E-state index is -4.81. The van der Waals surface area contributed by atoms with Crippen LogP contribution in [0.4, 0.5) is 18.9 Å². The van der Waals surface area contributed by atoms with Crippen LogP contribution in [-0.4, -0.2) is 48.2 Å². The number of anilines is 1. The molecule has 0 saturated heterocycles. The van der Waals surface area contributed by atoms with Crippen molar-refractivity contribution in [3.8, 4) is 11.6 Å². The predicted molar refractivity (Wildman–Crippen MR) is 144 cm³/mol. The first kappa shape index (κ1) is 29.5. The molecule has 0 aliphatic rings. The molecule has 0 aliphatic carbocycles.